The summed E-state index contributed by atoms with van der Waals surface area (Å²) in [6, 6.07) is 12.6. The lowest BCUT2D eigenvalue weighted by Crippen LogP contribution is -2.52. The molecule has 17 nitrogen and oxygen atoms in total. The van der Waals surface area contributed by atoms with Crippen molar-refractivity contribution in [2.45, 2.75) is 134 Å². The van der Waals surface area contributed by atoms with Gasteiger partial charge in [-0.2, -0.15) is 9.97 Å². The average molecular weight is 1090 g/mol. The van der Waals surface area contributed by atoms with Gasteiger partial charge in [-0.3, -0.25) is 24.7 Å². The molecule has 5 saturated heterocycles. The molecular weight excluding hydrogens is 1010 g/mol. The van der Waals surface area contributed by atoms with E-state index in [4.69, 9.17) is 33.9 Å². The molecule has 2 aromatic heterocycles. The van der Waals surface area contributed by atoms with Crippen LogP contribution < -0.4 is 24.6 Å². The highest BCUT2D eigenvalue weighted by Gasteiger charge is 2.46. The standard InChI is InChI=1S/C60H73F2N9O8/c1-4-44-48(61)9-6-37-29-43(78-36-76-3)30-46(51(37)44)53-52(62)54-47(31-63-53)55(70-21-5-18-59(2,75)33-70)66-58(65-54)77-35-60(19-20-60)34-67-22-14-41(15-23-67)79-42-16-26-68(27-17-42)39-12-24-69(25-13-39)40-7-8-45-38(28-40)32-71(57(45)74)49-10-11-50(72)64-56(49)73/h6-9,28-31,39,41-42,49,75H,4-5,10-27,32-36H2,1-3H3,(H,64,72,73)/t49?,59-/m1/s1. The van der Waals surface area contributed by atoms with Crippen LogP contribution in [-0.2, 0) is 32.0 Å². The molecule has 1 unspecified atom stereocenters. The summed E-state index contributed by atoms with van der Waals surface area (Å²) in [6.07, 6.45) is 12.6. The highest BCUT2D eigenvalue weighted by atomic mass is 19.1. The first-order valence-corrected chi connectivity index (χ1v) is 28.7. The molecular formula is C60H73F2N9O8. The van der Waals surface area contributed by atoms with Crippen molar-refractivity contribution in [3.63, 3.8) is 0 Å². The lowest BCUT2D eigenvalue weighted by molar-refractivity contribution is -0.136. The number of fused-ring (bicyclic) bond motifs is 3. The number of hydrogen-bond donors (Lipinski definition) is 2. The number of methoxy groups -OCH3 is 1. The Morgan fingerprint density at radius 3 is 2.33 bits per heavy atom. The van der Waals surface area contributed by atoms with Gasteiger partial charge >= 0.3 is 6.01 Å². The molecule has 0 radical (unpaired) electrons. The number of nitrogens with zero attached hydrogens (tertiary/aromatic N) is 8. The van der Waals surface area contributed by atoms with Crippen LogP contribution in [0.4, 0.5) is 20.3 Å². The number of aromatic nitrogens is 3. The highest BCUT2D eigenvalue weighted by Crippen LogP contribution is 2.47. The molecule has 0 bridgehead atoms. The van der Waals surface area contributed by atoms with Crippen molar-refractivity contribution in [3.05, 3.63) is 77.0 Å². The molecule has 79 heavy (non-hydrogen) atoms. The second-order valence-corrected chi connectivity index (χ2v) is 23.6. The number of piperidine rings is 5. The number of ether oxygens (including phenoxy) is 4. The molecule has 1 aliphatic carbocycles. The van der Waals surface area contributed by atoms with Gasteiger partial charge < -0.3 is 48.6 Å². The number of pyridine rings is 1. The van der Waals surface area contributed by atoms with Crippen LogP contribution in [0.25, 0.3) is 32.9 Å². The zero-order chi connectivity index (χ0) is 54.6. The van der Waals surface area contributed by atoms with E-state index in [0.29, 0.717) is 96.0 Å². The molecule has 3 amide bonds. The maximum atomic E-state index is 17.4. The Bertz CT molecular complexity index is 3130. The molecule has 5 aromatic rings. The van der Waals surface area contributed by atoms with Gasteiger partial charge in [-0.15, -0.1) is 0 Å². The second kappa shape index (κ2) is 22.1. The number of β-amino-alcohol motifs (C(OH)–C–C–N with tert-alkyl or cyclic N) is 1. The third kappa shape index (κ3) is 11.1. The first kappa shape index (κ1) is 53.5. The molecule has 19 heteroatoms. The van der Waals surface area contributed by atoms with Gasteiger partial charge in [0.05, 0.1) is 29.8 Å². The number of aliphatic hydroxyl groups is 1. The second-order valence-electron chi connectivity index (χ2n) is 23.6. The van der Waals surface area contributed by atoms with Crippen LogP contribution in [0.15, 0.2) is 48.7 Å². The van der Waals surface area contributed by atoms with Gasteiger partial charge in [0, 0.05) is 113 Å². The summed E-state index contributed by atoms with van der Waals surface area (Å²) >= 11 is 0. The Kier molecular flexibility index (Phi) is 15.0. The maximum absolute atomic E-state index is 17.4. The predicted octanol–water partition coefficient (Wildman–Crippen LogP) is 7.55. The number of hydrogen-bond acceptors (Lipinski definition) is 15. The summed E-state index contributed by atoms with van der Waals surface area (Å²) in [5.74, 6) is -0.995. The Morgan fingerprint density at radius 2 is 1.61 bits per heavy atom. The van der Waals surface area contributed by atoms with E-state index in [9.17, 15) is 19.5 Å². The summed E-state index contributed by atoms with van der Waals surface area (Å²) in [4.78, 5) is 63.1. The molecule has 0 spiro atoms. The van der Waals surface area contributed by atoms with Gasteiger partial charge in [0.1, 0.15) is 34.6 Å². The Balaban J connectivity index is 0.646. The number of rotatable bonds is 16. The van der Waals surface area contributed by atoms with Crippen molar-refractivity contribution >= 4 is 50.9 Å². The normalized spacial score (nSPS) is 23.7. The fourth-order valence-corrected chi connectivity index (χ4v) is 13.5. The van der Waals surface area contributed by atoms with Gasteiger partial charge in [0.25, 0.3) is 5.91 Å². The first-order chi connectivity index (χ1) is 38.2. The van der Waals surface area contributed by atoms with Crippen molar-refractivity contribution in [1.82, 2.24) is 35.0 Å². The van der Waals surface area contributed by atoms with E-state index in [-0.39, 0.29) is 71.6 Å². The maximum Gasteiger partial charge on any atom is 0.319 e. The van der Waals surface area contributed by atoms with Crippen LogP contribution in [0.1, 0.15) is 112 Å². The van der Waals surface area contributed by atoms with Crippen LogP contribution in [0.5, 0.6) is 11.8 Å². The summed E-state index contributed by atoms with van der Waals surface area (Å²) < 4.78 is 57.2. The molecule has 6 aliphatic heterocycles. The van der Waals surface area contributed by atoms with Crippen molar-refractivity contribution in [2.24, 2.45) is 5.41 Å². The van der Waals surface area contributed by atoms with E-state index in [1.807, 2.05) is 24.0 Å². The molecule has 6 fully saturated rings. The van der Waals surface area contributed by atoms with Crippen molar-refractivity contribution in [2.75, 3.05) is 89.2 Å². The zero-order valence-electron chi connectivity index (χ0n) is 45.7. The van der Waals surface area contributed by atoms with E-state index >= 15 is 8.78 Å². The monoisotopic (exact) mass is 1090 g/mol. The fourth-order valence-electron chi connectivity index (χ4n) is 13.5. The minimum Gasteiger partial charge on any atom is -0.468 e. The Morgan fingerprint density at radius 1 is 0.835 bits per heavy atom. The summed E-state index contributed by atoms with van der Waals surface area (Å²) in [7, 11) is 1.52. The molecule has 3 aromatic carbocycles. The van der Waals surface area contributed by atoms with Gasteiger partial charge in [0.15, 0.2) is 12.6 Å². The third-order valence-electron chi connectivity index (χ3n) is 18.0. The number of halogens is 2. The summed E-state index contributed by atoms with van der Waals surface area (Å²) in [5, 5.41) is 15.2. The van der Waals surface area contributed by atoms with E-state index in [1.165, 1.54) is 13.2 Å². The molecule has 2 N–H and O–H groups in total. The van der Waals surface area contributed by atoms with Gasteiger partial charge in [-0.05, 0) is 142 Å². The number of amides is 3. The molecule has 1 saturated carbocycles. The predicted molar refractivity (Wildman–Crippen MR) is 294 cm³/mol. The molecule has 12 rings (SSSR count). The number of carbonyl (C=O) groups excluding carboxylic acids is 3. The number of benzene rings is 3. The molecule has 2 atom stereocenters. The number of carbonyl (C=O) groups is 3. The van der Waals surface area contributed by atoms with Gasteiger partial charge in [0.2, 0.25) is 11.8 Å². The number of aryl methyl sites for hydroxylation is 1. The van der Waals surface area contributed by atoms with Crippen LogP contribution in [0, 0.1) is 17.0 Å². The van der Waals surface area contributed by atoms with Crippen LogP contribution >= 0.6 is 0 Å². The van der Waals surface area contributed by atoms with Crippen molar-refractivity contribution in [1.29, 1.82) is 0 Å². The third-order valence-corrected chi connectivity index (χ3v) is 18.0. The Hall–Kier alpha value is -6.12. The van der Waals surface area contributed by atoms with Crippen molar-refractivity contribution in [3.8, 4) is 23.0 Å². The lowest BCUT2D eigenvalue weighted by atomic mass is 9.94. The van der Waals surface area contributed by atoms with E-state index < -0.39 is 17.5 Å². The van der Waals surface area contributed by atoms with E-state index in [1.54, 1.807) is 36.2 Å². The van der Waals surface area contributed by atoms with E-state index in [2.05, 4.69) is 26.1 Å². The molecule has 7 aliphatic rings. The van der Waals surface area contributed by atoms with Gasteiger partial charge in [-0.1, -0.05) is 13.0 Å². The van der Waals surface area contributed by atoms with Crippen LogP contribution in [-0.4, -0.2) is 162 Å². The molecule has 420 valence electrons. The number of likely N-dealkylation sites (tertiary alicyclic amines) is 2. The minimum atomic E-state index is -0.966. The highest BCUT2D eigenvalue weighted by molar-refractivity contribution is 6.06. The number of nitrogens with one attached hydrogen (secondary N) is 1. The fraction of sp³-hybridized carbons (Fsp3) is 0.567. The lowest BCUT2D eigenvalue weighted by Gasteiger charge is -2.43. The summed E-state index contributed by atoms with van der Waals surface area (Å²) in [5.41, 5.74) is 2.53. The topological polar surface area (TPSA) is 175 Å². The van der Waals surface area contributed by atoms with Crippen LogP contribution in [0.2, 0.25) is 0 Å². The number of imide groups is 1. The minimum absolute atomic E-state index is 0.00481. The first-order valence-electron chi connectivity index (χ1n) is 28.7. The van der Waals surface area contributed by atoms with Crippen LogP contribution in [0.3, 0.4) is 0 Å². The number of anilines is 2. The smallest absolute Gasteiger partial charge is 0.319 e. The SMILES string of the molecule is CCc1c(F)ccc2cc(OCOC)cc(-c3ncc4c(N5CCC[C@@](C)(O)C5)nc(OCC5(CN6CCC(OC7CCN(C8CCN(c9ccc%10c(c9)CN(C9CCC(=O)NC9=O)C%10=O)CC8)CC7)CC6)CC5)nc4c3F)c12. The zero-order valence-corrected chi connectivity index (χ0v) is 45.7. The molecule has 8 heterocycles. The Labute approximate surface area is 459 Å². The average Bonchev–Trinajstić information content (AvgIpc) is 4.30. The quantitative estimate of drug-likeness (QED) is 0.0732. The van der Waals surface area contributed by atoms with E-state index in [0.717, 1.165) is 115 Å². The summed E-state index contributed by atoms with van der Waals surface area (Å²) in [6.45, 7) is 12.1. The van der Waals surface area contributed by atoms with Gasteiger partial charge in [-0.25, -0.2) is 8.78 Å². The largest absolute Gasteiger partial charge is 0.468 e. The van der Waals surface area contributed by atoms with Crippen molar-refractivity contribution < 1.29 is 47.2 Å².